The maximum absolute atomic E-state index is 14.5. The Morgan fingerprint density at radius 3 is 2.42 bits per heavy atom. The first kappa shape index (κ1) is 21.6. The van der Waals surface area contributed by atoms with Gasteiger partial charge in [0, 0.05) is 30.1 Å². The van der Waals surface area contributed by atoms with E-state index in [2.05, 4.69) is 0 Å². The van der Waals surface area contributed by atoms with Crippen LogP contribution in [0.4, 0.5) is 10.1 Å². The number of carbonyl (C=O) groups is 3. The molecule has 3 aliphatic rings. The van der Waals surface area contributed by atoms with Crippen LogP contribution >= 0.6 is 0 Å². The third-order valence-electron chi connectivity index (χ3n) is 7.19. The number of carboxylic acids is 1. The van der Waals surface area contributed by atoms with Gasteiger partial charge in [0.2, 0.25) is 5.91 Å². The summed E-state index contributed by atoms with van der Waals surface area (Å²) in [6.07, 6.45) is 4.17. The average molecular weight is 451 g/mol. The minimum Gasteiger partial charge on any atom is -0.481 e. The minimum absolute atomic E-state index is 0.0280. The van der Waals surface area contributed by atoms with Crippen LogP contribution in [-0.2, 0) is 9.59 Å². The van der Waals surface area contributed by atoms with Gasteiger partial charge in [-0.15, -0.1) is 0 Å². The lowest BCUT2D eigenvalue weighted by Crippen LogP contribution is -2.53. The molecule has 0 aromatic heterocycles. The first-order valence-corrected chi connectivity index (χ1v) is 11.7. The number of anilines is 1. The summed E-state index contributed by atoms with van der Waals surface area (Å²) >= 11 is 0. The molecule has 33 heavy (non-hydrogen) atoms. The lowest BCUT2D eigenvalue weighted by atomic mass is 9.81. The lowest BCUT2D eigenvalue weighted by molar-refractivity contribution is -0.142. The van der Waals surface area contributed by atoms with E-state index in [9.17, 15) is 18.8 Å². The van der Waals surface area contributed by atoms with E-state index in [0.717, 1.165) is 43.4 Å². The van der Waals surface area contributed by atoms with Crippen molar-refractivity contribution < 1.29 is 23.9 Å². The second kappa shape index (κ2) is 8.61. The predicted molar refractivity (Wildman–Crippen MR) is 120 cm³/mol. The van der Waals surface area contributed by atoms with Gasteiger partial charge >= 0.3 is 5.97 Å². The van der Waals surface area contributed by atoms with E-state index >= 15 is 0 Å². The van der Waals surface area contributed by atoms with Crippen LogP contribution in [0.2, 0.25) is 0 Å². The van der Waals surface area contributed by atoms with Crippen LogP contribution in [0.5, 0.6) is 0 Å². The zero-order valence-corrected chi connectivity index (χ0v) is 18.3. The van der Waals surface area contributed by atoms with Gasteiger partial charge in [-0.05, 0) is 49.4 Å². The van der Waals surface area contributed by atoms with Crippen molar-refractivity contribution in [2.75, 3.05) is 4.90 Å². The molecule has 0 bridgehead atoms. The Hall–Kier alpha value is -3.22. The highest BCUT2D eigenvalue weighted by Crippen LogP contribution is 2.52. The number of amides is 2. The Labute approximate surface area is 192 Å². The number of fused-ring (bicyclic) bond motifs is 2. The van der Waals surface area contributed by atoms with E-state index in [0.29, 0.717) is 0 Å². The maximum atomic E-state index is 14.5. The van der Waals surface area contributed by atoms with E-state index < -0.39 is 11.8 Å². The fourth-order valence-electron chi connectivity index (χ4n) is 5.69. The highest BCUT2D eigenvalue weighted by molar-refractivity contribution is 6.07. The van der Waals surface area contributed by atoms with Crippen LogP contribution in [0.15, 0.2) is 48.5 Å². The smallest absolute Gasteiger partial charge is 0.303 e. The van der Waals surface area contributed by atoms with Gasteiger partial charge in [0.05, 0.1) is 18.0 Å². The van der Waals surface area contributed by atoms with Gasteiger partial charge in [-0.3, -0.25) is 14.4 Å². The zero-order chi connectivity index (χ0) is 23.1. The number of carboxylic acid groups (broad SMARTS) is 1. The molecule has 1 heterocycles. The first-order valence-electron chi connectivity index (χ1n) is 11.7. The Balaban J connectivity index is 1.57. The van der Waals surface area contributed by atoms with E-state index in [4.69, 9.17) is 5.11 Å². The molecule has 2 amide bonds. The summed E-state index contributed by atoms with van der Waals surface area (Å²) in [6, 6.07) is 13.4. The Bertz CT molecular complexity index is 1100. The maximum Gasteiger partial charge on any atom is 0.303 e. The van der Waals surface area contributed by atoms with Crippen LogP contribution in [0.25, 0.3) is 0 Å². The van der Waals surface area contributed by atoms with Crippen LogP contribution in [0.3, 0.4) is 0 Å². The molecule has 1 aliphatic heterocycles. The highest BCUT2D eigenvalue weighted by atomic mass is 19.1. The standard InChI is InChI=1S/C26H27FN2O4/c27-20-9-3-1-6-17(20)26(33)29-21-10-4-2-7-18(21)25(19-8-5-11-22(19)29)28(16-12-13-16)23(30)14-15-24(31)32/h1-4,6-7,9-10,16,19,22,25H,5,8,11-15H2,(H,31,32). The number of nitrogens with zero attached hydrogens (tertiary/aromatic N) is 2. The number of halogens is 1. The molecule has 0 spiro atoms. The molecule has 0 saturated heterocycles. The van der Waals surface area contributed by atoms with E-state index in [1.54, 1.807) is 17.0 Å². The minimum atomic E-state index is -0.983. The summed E-state index contributed by atoms with van der Waals surface area (Å²) in [5.74, 6) is -1.99. The van der Waals surface area contributed by atoms with Crippen LogP contribution in [-0.4, -0.2) is 39.9 Å². The normalized spacial score (nSPS) is 23.5. The van der Waals surface area contributed by atoms with Crippen molar-refractivity contribution >= 4 is 23.5 Å². The zero-order valence-electron chi connectivity index (χ0n) is 18.3. The highest BCUT2D eigenvalue weighted by Gasteiger charge is 2.51. The molecular weight excluding hydrogens is 423 g/mol. The summed E-state index contributed by atoms with van der Waals surface area (Å²) in [4.78, 5) is 41.6. The number of hydrogen-bond acceptors (Lipinski definition) is 3. The van der Waals surface area contributed by atoms with E-state index in [1.165, 1.54) is 12.1 Å². The number of carbonyl (C=O) groups excluding carboxylic acids is 2. The Morgan fingerprint density at radius 2 is 1.70 bits per heavy atom. The summed E-state index contributed by atoms with van der Waals surface area (Å²) in [5.41, 5.74) is 1.66. The third kappa shape index (κ3) is 3.90. The molecule has 1 N–H and O–H groups in total. The largest absolute Gasteiger partial charge is 0.481 e. The molecule has 6 nitrogen and oxygen atoms in total. The van der Waals surface area contributed by atoms with Gasteiger partial charge in [-0.2, -0.15) is 0 Å². The number of aliphatic carboxylic acids is 1. The first-order chi connectivity index (χ1) is 16.0. The number of para-hydroxylation sites is 1. The predicted octanol–water partition coefficient (Wildman–Crippen LogP) is 4.55. The van der Waals surface area contributed by atoms with Crippen molar-refractivity contribution in [3.05, 3.63) is 65.5 Å². The van der Waals surface area contributed by atoms with Crippen molar-refractivity contribution in [2.45, 2.75) is 63.1 Å². The van der Waals surface area contributed by atoms with Gasteiger partial charge in [0.25, 0.3) is 5.91 Å². The van der Waals surface area contributed by atoms with Gasteiger partial charge in [0.1, 0.15) is 5.82 Å². The van der Waals surface area contributed by atoms with Crippen molar-refractivity contribution in [2.24, 2.45) is 5.92 Å². The van der Waals surface area contributed by atoms with Gasteiger partial charge in [0.15, 0.2) is 0 Å². The quantitative estimate of drug-likeness (QED) is 0.700. The fourth-order valence-corrected chi connectivity index (χ4v) is 5.69. The SMILES string of the molecule is O=C(O)CCC(=O)N(C1CC1)C1c2ccccc2N(C(=O)c2ccccc2F)C2CCCC21. The second-order valence-electron chi connectivity index (χ2n) is 9.25. The van der Waals surface area contributed by atoms with E-state index in [1.807, 2.05) is 29.2 Å². The molecule has 172 valence electrons. The molecular formula is C26H27FN2O4. The average Bonchev–Trinajstić information content (AvgIpc) is 3.53. The summed E-state index contributed by atoms with van der Waals surface area (Å²) < 4.78 is 14.5. The number of rotatable bonds is 6. The molecule has 0 radical (unpaired) electrons. The van der Waals surface area contributed by atoms with Gasteiger partial charge < -0.3 is 14.9 Å². The summed E-state index contributed by atoms with van der Waals surface area (Å²) in [7, 11) is 0. The van der Waals surface area contributed by atoms with Crippen LogP contribution in [0, 0.1) is 11.7 Å². The van der Waals surface area contributed by atoms with Crippen molar-refractivity contribution in [3.63, 3.8) is 0 Å². The third-order valence-corrected chi connectivity index (χ3v) is 7.19. The second-order valence-corrected chi connectivity index (χ2v) is 9.25. The topological polar surface area (TPSA) is 77.9 Å². The van der Waals surface area contributed by atoms with Crippen molar-refractivity contribution in [3.8, 4) is 0 Å². The molecule has 3 unspecified atom stereocenters. The molecule has 2 aromatic carbocycles. The fraction of sp³-hybridized carbons (Fsp3) is 0.423. The summed E-state index contributed by atoms with van der Waals surface area (Å²) in [5, 5.41) is 9.10. The van der Waals surface area contributed by atoms with Crippen molar-refractivity contribution in [1.29, 1.82) is 0 Å². The van der Waals surface area contributed by atoms with Crippen LogP contribution < -0.4 is 4.90 Å². The Morgan fingerprint density at radius 1 is 0.970 bits per heavy atom. The summed E-state index contributed by atoms with van der Waals surface area (Å²) in [6.45, 7) is 0. The molecule has 2 aliphatic carbocycles. The number of hydrogen-bond donors (Lipinski definition) is 1. The monoisotopic (exact) mass is 450 g/mol. The van der Waals surface area contributed by atoms with Gasteiger partial charge in [-0.25, -0.2) is 4.39 Å². The molecule has 2 saturated carbocycles. The molecule has 2 fully saturated rings. The lowest BCUT2D eigenvalue weighted by Gasteiger charge is -2.48. The van der Waals surface area contributed by atoms with E-state index in [-0.39, 0.29) is 54.3 Å². The van der Waals surface area contributed by atoms with Crippen LogP contribution in [0.1, 0.15) is 66.9 Å². The number of benzene rings is 2. The molecule has 3 atom stereocenters. The molecule has 5 rings (SSSR count). The van der Waals surface area contributed by atoms with Gasteiger partial charge in [-0.1, -0.05) is 36.8 Å². The molecule has 2 aromatic rings. The molecule has 7 heteroatoms. The Kier molecular flexibility index (Phi) is 5.64. The van der Waals surface area contributed by atoms with Crippen molar-refractivity contribution in [1.82, 2.24) is 4.90 Å².